The van der Waals surface area contributed by atoms with Gasteiger partial charge in [0, 0.05) is 12.8 Å². The maximum absolute atomic E-state index is 11.8. The molecule has 8 unspecified atom stereocenters. The van der Waals surface area contributed by atoms with Gasteiger partial charge in [-0.2, -0.15) is 0 Å². The van der Waals surface area contributed by atoms with Crippen molar-refractivity contribution >= 4 is 5.78 Å². The fourth-order valence-electron chi connectivity index (χ4n) is 8.38. The van der Waals surface area contributed by atoms with E-state index in [1.54, 1.807) is 5.57 Å². The van der Waals surface area contributed by atoms with Crippen LogP contribution in [-0.2, 0) is 4.79 Å². The number of allylic oxidation sites excluding steroid dienone is 1. The van der Waals surface area contributed by atoms with Gasteiger partial charge in [-0.25, -0.2) is 0 Å². The average Bonchev–Trinajstić information content (AvgIpc) is 3.03. The molecule has 0 saturated heterocycles. The standard InChI is InChI=1S/C26H42O2/c1-5-19(27)8-6-17(2)22-10-11-23-21-9-7-18-16-20(28)12-14-25(18,3)24(21)13-15-26(22,23)4/h7,17,20-24,28H,5-6,8-16H2,1-4H3. The van der Waals surface area contributed by atoms with Crippen molar-refractivity contribution in [2.45, 2.75) is 104 Å². The number of ketones is 1. The van der Waals surface area contributed by atoms with Gasteiger partial charge >= 0.3 is 0 Å². The van der Waals surface area contributed by atoms with Gasteiger partial charge in [-0.1, -0.05) is 39.3 Å². The van der Waals surface area contributed by atoms with Crippen LogP contribution in [-0.4, -0.2) is 17.0 Å². The average molecular weight is 387 g/mol. The largest absolute Gasteiger partial charge is 0.393 e. The number of rotatable bonds is 5. The van der Waals surface area contributed by atoms with Crippen molar-refractivity contribution in [2.75, 3.05) is 0 Å². The maximum atomic E-state index is 11.8. The minimum Gasteiger partial charge on any atom is -0.393 e. The zero-order valence-electron chi connectivity index (χ0n) is 18.7. The molecule has 0 aromatic heterocycles. The quantitative estimate of drug-likeness (QED) is 0.561. The first-order valence-corrected chi connectivity index (χ1v) is 12.2. The van der Waals surface area contributed by atoms with Crippen LogP contribution in [0.1, 0.15) is 98.3 Å². The van der Waals surface area contributed by atoms with E-state index in [0.717, 1.165) is 49.4 Å². The molecule has 0 aromatic carbocycles. The lowest BCUT2D eigenvalue weighted by Gasteiger charge is -2.58. The van der Waals surface area contributed by atoms with E-state index in [2.05, 4.69) is 26.8 Å². The Morgan fingerprint density at radius 1 is 1.18 bits per heavy atom. The van der Waals surface area contributed by atoms with Gasteiger partial charge in [0.05, 0.1) is 6.10 Å². The summed E-state index contributed by atoms with van der Waals surface area (Å²) in [5.74, 6) is 4.45. The number of aliphatic hydroxyl groups excluding tert-OH is 1. The highest BCUT2D eigenvalue weighted by Crippen LogP contribution is 2.67. The molecule has 0 aromatic rings. The second-order valence-electron chi connectivity index (χ2n) is 11.3. The molecule has 0 heterocycles. The van der Waals surface area contributed by atoms with Gasteiger partial charge in [0.1, 0.15) is 5.78 Å². The third-order valence-corrected chi connectivity index (χ3v) is 10.1. The topological polar surface area (TPSA) is 37.3 Å². The van der Waals surface area contributed by atoms with Crippen molar-refractivity contribution in [3.8, 4) is 0 Å². The fraction of sp³-hybridized carbons (Fsp3) is 0.885. The Balaban J connectivity index is 1.51. The zero-order valence-corrected chi connectivity index (χ0v) is 18.7. The van der Waals surface area contributed by atoms with E-state index in [0.29, 0.717) is 29.0 Å². The van der Waals surface area contributed by atoms with Crippen LogP contribution in [0.15, 0.2) is 11.6 Å². The number of carbonyl (C=O) groups excluding carboxylic acids is 1. The SMILES string of the molecule is CCC(=O)CCC(C)C1CCC2C3CC=C4CC(O)CCC4(C)C3CCC12C. The molecule has 2 nitrogen and oxygen atoms in total. The molecule has 0 amide bonds. The Morgan fingerprint density at radius 3 is 2.71 bits per heavy atom. The lowest BCUT2D eigenvalue weighted by molar-refractivity contribution is -0.119. The molecule has 0 spiro atoms. The first-order chi connectivity index (χ1) is 13.3. The molecule has 1 N–H and O–H groups in total. The first-order valence-electron chi connectivity index (χ1n) is 12.2. The van der Waals surface area contributed by atoms with Crippen LogP contribution in [0.3, 0.4) is 0 Å². The van der Waals surface area contributed by atoms with Crippen molar-refractivity contribution in [2.24, 2.45) is 40.4 Å². The predicted octanol–water partition coefficient (Wildman–Crippen LogP) is 6.32. The number of carbonyl (C=O) groups is 1. The van der Waals surface area contributed by atoms with E-state index in [4.69, 9.17) is 0 Å². The van der Waals surface area contributed by atoms with Gasteiger partial charge in [-0.05, 0) is 98.2 Å². The summed E-state index contributed by atoms with van der Waals surface area (Å²) in [6.07, 6.45) is 14.9. The van der Waals surface area contributed by atoms with Crippen molar-refractivity contribution in [1.29, 1.82) is 0 Å². The number of fused-ring (bicyclic) bond motifs is 5. The summed E-state index contributed by atoms with van der Waals surface area (Å²) >= 11 is 0. The highest BCUT2D eigenvalue weighted by atomic mass is 16.3. The van der Waals surface area contributed by atoms with Gasteiger partial charge in [-0.3, -0.25) is 4.79 Å². The van der Waals surface area contributed by atoms with Crippen molar-refractivity contribution < 1.29 is 9.90 Å². The van der Waals surface area contributed by atoms with E-state index in [-0.39, 0.29) is 6.10 Å². The molecule has 0 bridgehead atoms. The Hall–Kier alpha value is -0.630. The summed E-state index contributed by atoms with van der Waals surface area (Å²) in [6.45, 7) is 9.55. The van der Waals surface area contributed by atoms with Gasteiger partial charge in [-0.15, -0.1) is 0 Å². The smallest absolute Gasteiger partial charge is 0.132 e. The molecule has 3 fully saturated rings. The fourth-order valence-corrected chi connectivity index (χ4v) is 8.38. The number of hydrogen-bond donors (Lipinski definition) is 1. The van der Waals surface area contributed by atoms with Crippen LogP contribution in [0.4, 0.5) is 0 Å². The van der Waals surface area contributed by atoms with Crippen molar-refractivity contribution in [3.05, 3.63) is 11.6 Å². The Bertz CT molecular complexity index is 636. The molecule has 4 aliphatic rings. The van der Waals surface area contributed by atoms with Crippen LogP contribution in [0.2, 0.25) is 0 Å². The highest BCUT2D eigenvalue weighted by Gasteiger charge is 2.59. The van der Waals surface area contributed by atoms with Crippen LogP contribution >= 0.6 is 0 Å². The summed E-state index contributed by atoms with van der Waals surface area (Å²) in [7, 11) is 0. The molecular formula is C26H42O2. The number of aliphatic hydroxyl groups is 1. The highest BCUT2D eigenvalue weighted by molar-refractivity contribution is 5.77. The lowest BCUT2D eigenvalue weighted by Crippen LogP contribution is -2.50. The van der Waals surface area contributed by atoms with Gasteiger partial charge in [0.2, 0.25) is 0 Å². The van der Waals surface area contributed by atoms with Crippen LogP contribution in [0.25, 0.3) is 0 Å². The maximum Gasteiger partial charge on any atom is 0.132 e. The number of Topliss-reactive ketones (excluding diaryl/α,β-unsaturated/α-hetero) is 1. The summed E-state index contributed by atoms with van der Waals surface area (Å²) in [6, 6.07) is 0. The molecule has 4 aliphatic carbocycles. The van der Waals surface area contributed by atoms with E-state index in [9.17, 15) is 9.90 Å². The molecule has 158 valence electrons. The van der Waals surface area contributed by atoms with Crippen LogP contribution < -0.4 is 0 Å². The number of hydrogen-bond acceptors (Lipinski definition) is 2. The molecular weight excluding hydrogens is 344 g/mol. The van der Waals surface area contributed by atoms with E-state index in [1.165, 1.54) is 38.5 Å². The van der Waals surface area contributed by atoms with Crippen LogP contribution in [0.5, 0.6) is 0 Å². The van der Waals surface area contributed by atoms with E-state index in [1.807, 2.05) is 6.92 Å². The van der Waals surface area contributed by atoms with E-state index < -0.39 is 0 Å². The Kier molecular flexibility index (Phi) is 5.57. The molecule has 2 heteroatoms. The Morgan fingerprint density at radius 2 is 1.96 bits per heavy atom. The summed E-state index contributed by atoms with van der Waals surface area (Å²) in [5.41, 5.74) is 2.41. The third-order valence-electron chi connectivity index (χ3n) is 10.1. The molecule has 8 atom stereocenters. The second kappa shape index (κ2) is 7.56. The Labute approximate surface area is 172 Å². The minimum absolute atomic E-state index is 0.104. The van der Waals surface area contributed by atoms with Gasteiger partial charge in [0.15, 0.2) is 0 Å². The van der Waals surface area contributed by atoms with Crippen molar-refractivity contribution in [3.63, 3.8) is 0 Å². The zero-order chi connectivity index (χ0) is 20.1. The first kappa shape index (κ1) is 20.6. The van der Waals surface area contributed by atoms with Gasteiger partial charge < -0.3 is 5.11 Å². The molecule has 4 rings (SSSR count). The minimum atomic E-state index is -0.104. The lowest BCUT2D eigenvalue weighted by atomic mass is 9.47. The van der Waals surface area contributed by atoms with Crippen LogP contribution in [0, 0.1) is 40.4 Å². The molecule has 28 heavy (non-hydrogen) atoms. The normalized spacial score (nSPS) is 46.2. The van der Waals surface area contributed by atoms with Crippen molar-refractivity contribution in [1.82, 2.24) is 0 Å². The second-order valence-corrected chi connectivity index (χ2v) is 11.3. The third kappa shape index (κ3) is 3.22. The van der Waals surface area contributed by atoms with E-state index >= 15 is 0 Å². The predicted molar refractivity (Wildman–Crippen MR) is 115 cm³/mol. The summed E-state index contributed by atoms with van der Waals surface area (Å²) < 4.78 is 0. The molecule has 0 aliphatic heterocycles. The summed E-state index contributed by atoms with van der Waals surface area (Å²) in [5, 5.41) is 10.2. The summed E-state index contributed by atoms with van der Waals surface area (Å²) in [4.78, 5) is 11.8. The molecule has 0 radical (unpaired) electrons. The van der Waals surface area contributed by atoms with Gasteiger partial charge in [0.25, 0.3) is 0 Å². The monoisotopic (exact) mass is 386 g/mol. The molecule has 3 saturated carbocycles.